The molecule has 0 saturated carbocycles. The van der Waals surface area contributed by atoms with Crippen molar-refractivity contribution < 1.29 is 4.79 Å². The zero-order valence-electron chi connectivity index (χ0n) is 13.5. The van der Waals surface area contributed by atoms with Gasteiger partial charge in [0.25, 0.3) is 0 Å². The summed E-state index contributed by atoms with van der Waals surface area (Å²) in [6, 6.07) is 0.587. The molecule has 0 aromatic rings. The van der Waals surface area contributed by atoms with E-state index in [1.54, 1.807) is 0 Å². The Morgan fingerprint density at radius 2 is 1.71 bits per heavy atom. The van der Waals surface area contributed by atoms with Crippen molar-refractivity contribution in [2.75, 3.05) is 32.7 Å². The Balaban J connectivity index is 1.43. The van der Waals surface area contributed by atoms with Crippen molar-refractivity contribution in [3.63, 3.8) is 0 Å². The van der Waals surface area contributed by atoms with Crippen molar-refractivity contribution >= 4 is 5.91 Å². The van der Waals surface area contributed by atoms with Crippen LogP contribution in [0.25, 0.3) is 0 Å². The molecule has 2 unspecified atom stereocenters. The highest BCUT2D eigenvalue weighted by molar-refractivity contribution is 5.82. The van der Waals surface area contributed by atoms with Crippen LogP contribution in [0.4, 0.5) is 0 Å². The van der Waals surface area contributed by atoms with Crippen LogP contribution in [0.2, 0.25) is 0 Å². The van der Waals surface area contributed by atoms with E-state index >= 15 is 0 Å². The third-order valence-electron chi connectivity index (χ3n) is 5.56. The van der Waals surface area contributed by atoms with E-state index in [0.29, 0.717) is 11.9 Å². The van der Waals surface area contributed by atoms with Gasteiger partial charge in [-0.25, -0.2) is 0 Å². The topological polar surface area (TPSA) is 35.6 Å². The fourth-order valence-corrected chi connectivity index (χ4v) is 4.22. The maximum atomic E-state index is 12.6. The Labute approximate surface area is 129 Å². The first kappa shape index (κ1) is 15.3. The summed E-state index contributed by atoms with van der Waals surface area (Å²) in [5.41, 5.74) is 0. The van der Waals surface area contributed by atoms with Crippen molar-refractivity contribution in [3.8, 4) is 0 Å². The van der Waals surface area contributed by atoms with E-state index in [0.717, 1.165) is 25.4 Å². The summed E-state index contributed by atoms with van der Waals surface area (Å²) < 4.78 is 0. The van der Waals surface area contributed by atoms with Gasteiger partial charge in [0.1, 0.15) is 0 Å². The molecule has 3 saturated heterocycles. The fraction of sp³-hybridized carbons (Fsp3) is 0.941. The van der Waals surface area contributed by atoms with Gasteiger partial charge in [-0.05, 0) is 70.9 Å². The van der Waals surface area contributed by atoms with Crippen molar-refractivity contribution in [2.24, 2.45) is 5.92 Å². The first-order chi connectivity index (χ1) is 10.2. The predicted octanol–water partition coefficient (Wildman–Crippen LogP) is 1.85. The van der Waals surface area contributed by atoms with Gasteiger partial charge in [-0.3, -0.25) is 4.79 Å². The molecule has 4 heteroatoms. The maximum Gasteiger partial charge on any atom is 0.239 e. The molecule has 0 aliphatic carbocycles. The van der Waals surface area contributed by atoms with Crippen LogP contribution in [-0.2, 0) is 4.79 Å². The zero-order chi connectivity index (χ0) is 14.7. The normalized spacial score (nSPS) is 32.5. The molecule has 3 aliphatic heterocycles. The molecule has 3 fully saturated rings. The van der Waals surface area contributed by atoms with Crippen molar-refractivity contribution in [2.45, 2.75) is 64.0 Å². The Hall–Kier alpha value is -0.610. The minimum absolute atomic E-state index is 0.0869. The number of hydrogen-bond acceptors (Lipinski definition) is 3. The van der Waals surface area contributed by atoms with Crippen LogP contribution >= 0.6 is 0 Å². The summed E-state index contributed by atoms with van der Waals surface area (Å²) in [4.78, 5) is 17.3. The van der Waals surface area contributed by atoms with Gasteiger partial charge in [0.2, 0.25) is 5.91 Å². The van der Waals surface area contributed by atoms with Gasteiger partial charge in [0.05, 0.1) is 6.04 Å². The lowest BCUT2D eigenvalue weighted by molar-refractivity contribution is -0.135. The number of carbonyl (C=O) groups excluding carboxylic acids is 1. The van der Waals surface area contributed by atoms with Gasteiger partial charge >= 0.3 is 0 Å². The lowest BCUT2D eigenvalue weighted by Crippen LogP contribution is -2.53. The van der Waals surface area contributed by atoms with Gasteiger partial charge < -0.3 is 15.1 Å². The van der Waals surface area contributed by atoms with Crippen molar-refractivity contribution in [3.05, 3.63) is 0 Å². The van der Waals surface area contributed by atoms with Gasteiger partial charge in [-0.1, -0.05) is 0 Å². The summed E-state index contributed by atoms with van der Waals surface area (Å²) in [5, 5.41) is 3.48. The van der Waals surface area contributed by atoms with E-state index in [-0.39, 0.29) is 6.04 Å². The highest BCUT2D eigenvalue weighted by Gasteiger charge is 2.31. The average Bonchev–Trinajstić information content (AvgIpc) is 3.00. The second-order valence-electron chi connectivity index (χ2n) is 7.33. The van der Waals surface area contributed by atoms with Crippen molar-refractivity contribution in [1.82, 2.24) is 15.1 Å². The lowest BCUT2D eigenvalue weighted by atomic mass is 9.94. The molecule has 0 bridgehead atoms. The van der Waals surface area contributed by atoms with Crippen molar-refractivity contribution in [1.29, 1.82) is 0 Å². The van der Waals surface area contributed by atoms with Crippen LogP contribution in [0.15, 0.2) is 0 Å². The number of amides is 1. The minimum Gasteiger partial charge on any atom is -0.341 e. The van der Waals surface area contributed by atoms with E-state index in [4.69, 9.17) is 0 Å². The molecule has 0 aromatic heterocycles. The summed E-state index contributed by atoms with van der Waals surface area (Å²) in [7, 11) is 0. The molecule has 3 aliphatic rings. The molecular formula is C17H31N3O. The van der Waals surface area contributed by atoms with Crippen LogP contribution in [0.3, 0.4) is 0 Å². The van der Waals surface area contributed by atoms with Gasteiger partial charge in [-0.15, -0.1) is 0 Å². The summed E-state index contributed by atoms with van der Waals surface area (Å²) >= 11 is 0. The summed E-state index contributed by atoms with van der Waals surface area (Å²) in [6.45, 7) is 8.00. The third-order valence-corrected chi connectivity index (χ3v) is 5.56. The van der Waals surface area contributed by atoms with E-state index < -0.39 is 0 Å². The monoisotopic (exact) mass is 293 g/mol. The van der Waals surface area contributed by atoms with Crippen LogP contribution in [0.1, 0.15) is 51.9 Å². The van der Waals surface area contributed by atoms with E-state index in [9.17, 15) is 4.79 Å². The lowest BCUT2D eigenvalue weighted by Gasteiger charge is -2.37. The zero-order valence-corrected chi connectivity index (χ0v) is 13.5. The van der Waals surface area contributed by atoms with E-state index in [1.807, 2.05) is 0 Å². The smallest absolute Gasteiger partial charge is 0.239 e. The third kappa shape index (κ3) is 3.98. The molecule has 1 N–H and O–H groups in total. The number of likely N-dealkylation sites (tertiary alicyclic amines) is 2. The Bertz CT molecular complexity index is 346. The molecule has 4 nitrogen and oxygen atoms in total. The maximum absolute atomic E-state index is 12.6. The fourth-order valence-electron chi connectivity index (χ4n) is 4.22. The highest BCUT2D eigenvalue weighted by atomic mass is 16.2. The Morgan fingerprint density at radius 3 is 2.38 bits per heavy atom. The second-order valence-corrected chi connectivity index (χ2v) is 7.33. The largest absolute Gasteiger partial charge is 0.341 e. The summed E-state index contributed by atoms with van der Waals surface area (Å²) in [6.07, 6.45) is 8.58. The number of carbonyl (C=O) groups is 1. The van der Waals surface area contributed by atoms with Gasteiger partial charge in [0.15, 0.2) is 0 Å². The van der Waals surface area contributed by atoms with E-state index in [2.05, 4.69) is 22.0 Å². The summed E-state index contributed by atoms with van der Waals surface area (Å²) in [5.74, 6) is 1.17. The molecule has 2 atom stereocenters. The Kier molecular flexibility index (Phi) is 5.17. The molecule has 0 aromatic carbocycles. The second kappa shape index (κ2) is 7.10. The predicted molar refractivity (Wildman–Crippen MR) is 85.2 cm³/mol. The molecule has 0 radical (unpaired) electrons. The van der Waals surface area contributed by atoms with Gasteiger partial charge in [0, 0.05) is 25.7 Å². The van der Waals surface area contributed by atoms with Crippen LogP contribution < -0.4 is 5.32 Å². The molecule has 3 rings (SSSR count). The average molecular weight is 293 g/mol. The van der Waals surface area contributed by atoms with Crippen LogP contribution in [0, 0.1) is 5.92 Å². The van der Waals surface area contributed by atoms with Crippen LogP contribution in [-0.4, -0.2) is 60.5 Å². The standard InChI is InChI=1S/C17H31N3O/c1-14-5-4-6-16(18-14)17(21)20-11-7-15(8-12-20)13-19-9-2-3-10-19/h14-16,18H,2-13H2,1H3. The van der Waals surface area contributed by atoms with E-state index in [1.165, 1.54) is 58.2 Å². The number of nitrogens with one attached hydrogen (secondary N) is 1. The molecular weight excluding hydrogens is 262 g/mol. The number of piperidine rings is 2. The first-order valence-corrected chi connectivity index (χ1v) is 8.99. The molecule has 21 heavy (non-hydrogen) atoms. The Morgan fingerprint density at radius 1 is 1.00 bits per heavy atom. The van der Waals surface area contributed by atoms with Gasteiger partial charge in [-0.2, -0.15) is 0 Å². The molecule has 120 valence electrons. The minimum atomic E-state index is 0.0869. The molecule has 1 amide bonds. The van der Waals surface area contributed by atoms with Crippen LogP contribution in [0.5, 0.6) is 0 Å². The number of rotatable bonds is 3. The SMILES string of the molecule is CC1CCCC(C(=O)N2CCC(CN3CCCC3)CC2)N1. The number of hydrogen-bond donors (Lipinski definition) is 1. The number of nitrogens with zero attached hydrogens (tertiary/aromatic N) is 2. The molecule has 0 spiro atoms. The quantitative estimate of drug-likeness (QED) is 0.862. The first-order valence-electron chi connectivity index (χ1n) is 8.99. The highest BCUT2D eigenvalue weighted by Crippen LogP contribution is 2.22. The molecule has 3 heterocycles.